The van der Waals surface area contributed by atoms with Crippen molar-refractivity contribution in [3.63, 3.8) is 0 Å². The van der Waals surface area contributed by atoms with Crippen molar-refractivity contribution in [2.45, 2.75) is 52.2 Å². The van der Waals surface area contributed by atoms with Crippen LogP contribution >= 0.6 is 0 Å². The second-order valence-electron chi connectivity index (χ2n) is 9.09. The van der Waals surface area contributed by atoms with Gasteiger partial charge in [0.05, 0.1) is 25.0 Å². The molecule has 9 nitrogen and oxygen atoms in total. The van der Waals surface area contributed by atoms with Crippen LogP contribution in [0, 0.1) is 5.92 Å². The maximum Gasteiger partial charge on any atom is 0.407 e. The van der Waals surface area contributed by atoms with Gasteiger partial charge in [-0.05, 0) is 70.7 Å². The molecule has 1 aliphatic carbocycles. The Morgan fingerprint density at radius 1 is 1.19 bits per heavy atom. The zero-order valence-corrected chi connectivity index (χ0v) is 18.9. The molecular formula is C23H29N5O4. The first-order chi connectivity index (χ1) is 15.2. The largest absolute Gasteiger partial charge is 0.492 e. The predicted octanol–water partition coefficient (Wildman–Crippen LogP) is 3.87. The summed E-state index contributed by atoms with van der Waals surface area (Å²) in [6.45, 7) is 8.34. The number of carbonyl (C=O) groups excluding carboxylic acids is 1. The first-order valence-corrected chi connectivity index (χ1v) is 10.8. The first-order valence-electron chi connectivity index (χ1n) is 10.8. The van der Waals surface area contributed by atoms with Crippen LogP contribution in [0.3, 0.4) is 0 Å². The Balaban J connectivity index is 1.32. The molecular weight excluding hydrogens is 410 g/mol. The van der Waals surface area contributed by atoms with E-state index in [0.29, 0.717) is 23.2 Å². The van der Waals surface area contributed by atoms with E-state index in [-0.39, 0.29) is 12.6 Å². The quantitative estimate of drug-likeness (QED) is 0.569. The number of fused-ring (bicyclic) bond motifs is 1. The Morgan fingerprint density at radius 2 is 1.97 bits per heavy atom. The summed E-state index contributed by atoms with van der Waals surface area (Å²) in [6.07, 6.45) is 5.48. The summed E-state index contributed by atoms with van der Waals surface area (Å²) >= 11 is 0. The van der Waals surface area contributed by atoms with Gasteiger partial charge in [0, 0.05) is 0 Å². The van der Waals surface area contributed by atoms with Gasteiger partial charge in [-0.15, -0.1) is 5.10 Å². The number of pyridine rings is 2. The lowest BCUT2D eigenvalue weighted by Gasteiger charge is -2.22. The second kappa shape index (κ2) is 9.02. The number of aromatic nitrogens is 4. The number of ether oxygens (including phenoxy) is 3. The number of amides is 1. The van der Waals surface area contributed by atoms with Crippen LogP contribution in [0.15, 0.2) is 36.7 Å². The molecule has 0 bridgehead atoms. The van der Waals surface area contributed by atoms with Crippen molar-refractivity contribution in [3.8, 4) is 23.0 Å². The van der Waals surface area contributed by atoms with Gasteiger partial charge in [0.25, 0.3) is 0 Å². The van der Waals surface area contributed by atoms with Gasteiger partial charge in [-0.2, -0.15) is 0 Å². The molecule has 3 aromatic rings. The van der Waals surface area contributed by atoms with Crippen molar-refractivity contribution in [2.24, 2.45) is 5.92 Å². The molecule has 1 fully saturated rings. The maximum absolute atomic E-state index is 11.8. The molecule has 3 heterocycles. The first kappa shape index (κ1) is 21.9. The number of nitrogens with zero attached hydrogens (tertiary/aromatic N) is 4. The van der Waals surface area contributed by atoms with E-state index >= 15 is 0 Å². The highest BCUT2D eigenvalue weighted by atomic mass is 16.6. The fraction of sp³-hybridized carbons (Fsp3) is 0.478. The van der Waals surface area contributed by atoms with Crippen molar-refractivity contribution in [1.29, 1.82) is 0 Å². The lowest BCUT2D eigenvalue weighted by Crippen LogP contribution is -2.40. The zero-order chi connectivity index (χ0) is 22.7. The standard InChI is InChI=1S/C23H29N5O4/c1-15(25-22(29)32-23(2,3)4)13-30-17-7-9-19(24-11-17)21-26-20-10-8-18(12-28(20)27-21)31-14-16-5-6-16/h7-12,15-16H,5-6,13-14H2,1-4H3,(H,25,29)/t15-/m0/s1. The van der Waals surface area contributed by atoms with Crippen LogP contribution in [0.4, 0.5) is 4.79 Å². The second-order valence-corrected chi connectivity index (χ2v) is 9.09. The summed E-state index contributed by atoms with van der Waals surface area (Å²) in [7, 11) is 0. The monoisotopic (exact) mass is 439 g/mol. The van der Waals surface area contributed by atoms with E-state index in [4.69, 9.17) is 14.2 Å². The molecule has 1 saturated carbocycles. The fourth-order valence-corrected chi connectivity index (χ4v) is 2.93. The summed E-state index contributed by atoms with van der Waals surface area (Å²) < 4.78 is 18.5. The van der Waals surface area contributed by atoms with Gasteiger partial charge in [-0.25, -0.2) is 19.3 Å². The molecule has 170 valence electrons. The van der Waals surface area contributed by atoms with E-state index in [9.17, 15) is 4.79 Å². The Kier molecular flexibility index (Phi) is 6.16. The molecule has 1 amide bonds. The molecule has 1 N–H and O–H groups in total. The molecule has 1 atom stereocenters. The predicted molar refractivity (Wildman–Crippen MR) is 119 cm³/mol. The van der Waals surface area contributed by atoms with Gasteiger partial charge < -0.3 is 19.5 Å². The molecule has 9 heteroatoms. The summed E-state index contributed by atoms with van der Waals surface area (Å²) in [5, 5.41) is 7.26. The van der Waals surface area contributed by atoms with Crippen LogP contribution in [-0.2, 0) is 4.74 Å². The highest BCUT2D eigenvalue weighted by Gasteiger charge is 2.22. The van der Waals surface area contributed by atoms with E-state index in [1.54, 1.807) is 22.8 Å². The third-order valence-corrected chi connectivity index (χ3v) is 4.72. The molecule has 0 saturated heterocycles. The van der Waals surface area contributed by atoms with Gasteiger partial charge in [0.15, 0.2) is 5.65 Å². The molecule has 3 aromatic heterocycles. The van der Waals surface area contributed by atoms with Gasteiger partial charge in [-0.3, -0.25) is 0 Å². The van der Waals surface area contributed by atoms with Crippen LogP contribution in [0.2, 0.25) is 0 Å². The number of hydrogen-bond acceptors (Lipinski definition) is 7. The topological polar surface area (TPSA) is 99.9 Å². The highest BCUT2D eigenvalue weighted by Crippen LogP contribution is 2.29. The highest BCUT2D eigenvalue weighted by molar-refractivity contribution is 5.68. The number of alkyl carbamates (subject to hydrolysis) is 1. The third kappa shape index (κ3) is 6.09. The summed E-state index contributed by atoms with van der Waals surface area (Å²) in [5.74, 6) is 2.59. The number of carbonyl (C=O) groups is 1. The molecule has 1 aliphatic rings. The minimum Gasteiger partial charge on any atom is -0.492 e. The third-order valence-electron chi connectivity index (χ3n) is 4.72. The van der Waals surface area contributed by atoms with E-state index in [2.05, 4.69) is 20.4 Å². The Morgan fingerprint density at radius 3 is 2.66 bits per heavy atom. The van der Waals surface area contributed by atoms with Gasteiger partial charge in [0.1, 0.15) is 29.4 Å². The molecule has 0 aromatic carbocycles. The van der Waals surface area contributed by atoms with Crippen molar-refractivity contribution < 1.29 is 19.0 Å². The van der Waals surface area contributed by atoms with Crippen molar-refractivity contribution in [2.75, 3.05) is 13.2 Å². The Labute approximate surface area is 187 Å². The molecule has 32 heavy (non-hydrogen) atoms. The lowest BCUT2D eigenvalue weighted by molar-refractivity contribution is 0.0494. The summed E-state index contributed by atoms with van der Waals surface area (Å²) in [6, 6.07) is 7.18. The molecule has 0 aliphatic heterocycles. The maximum atomic E-state index is 11.8. The lowest BCUT2D eigenvalue weighted by atomic mass is 10.2. The Bertz CT molecular complexity index is 1070. The fourth-order valence-electron chi connectivity index (χ4n) is 2.93. The van der Waals surface area contributed by atoms with Gasteiger partial charge in [0.2, 0.25) is 5.82 Å². The van der Waals surface area contributed by atoms with Crippen molar-refractivity contribution in [3.05, 3.63) is 36.7 Å². The van der Waals surface area contributed by atoms with E-state index in [1.165, 1.54) is 12.8 Å². The molecule has 0 radical (unpaired) electrons. The molecule has 4 rings (SSSR count). The summed E-state index contributed by atoms with van der Waals surface area (Å²) in [5.41, 5.74) is 0.825. The average molecular weight is 440 g/mol. The molecule has 0 unspecified atom stereocenters. The van der Waals surface area contributed by atoms with Gasteiger partial charge >= 0.3 is 6.09 Å². The van der Waals surface area contributed by atoms with Crippen LogP contribution in [0.1, 0.15) is 40.5 Å². The minimum atomic E-state index is -0.540. The van der Waals surface area contributed by atoms with Crippen LogP contribution in [-0.4, -0.2) is 50.5 Å². The minimum absolute atomic E-state index is 0.221. The average Bonchev–Trinajstić information content (AvgIpc) is 3.46. The summed E-state index contributed by atoms with van der Waals surface area (Å²) in [4.78, 5) is 20.8. The van der Waals surface area contributed by atoms with Crippen LogP contribution in [0.25, 0.3) is 17.2 Å². The van der Waals surface area contributed by atoms with Crippen LogP contribution < -0.4 is 14.8 Å². The van der Waals surface area contributed by atoms with E-state index in [1.807, 2.05) is 46.0 Å². The van der Waals surface area contributed by atoms with Crippen molar-refractivity contribution in [1.82, 2.24) is 24.9 Å². The van der Waals surface area contributed by atoms with E-state index in [0.717, 1.165) is 18.0 Å². The SMILES string of the molecule is C[C@@H](COc1ccc(-c2nc3ccc(OCC4CC4)cn3n2)nc1)NC(=O)OC(C)(C)C. The zero-order valence-electron chi connectivity index (χ0n) is 18.9. The normalized spacial score (nSPS) is 14.8. The Hall–Kier alpha value is -3.36. The number of rotatable bonds is 8. The van der Waals surface area contributed by atoms with Crippen molar-refractivity contribution >= 4 is 11.7 Å². The smallest absolute Gasteiger partial charge is 0.407 e. The van der Waals surface area contributed by atoms with Crippen LogP contribution in [0.5, 0.6) is 11.5 Å². The van der Waals surface area contributed by atoms with Gasteiger partial charge in [-0.1, -0.05) is 0 Å². The number of nitrogens with one attached hydrogen (secondary N) is 1. The van der Waals surface area contributed by atoms with E-state index < -0.39 is 11.7 Å². The molecule has 0 spiro atoms. The number of hydrogen-bond donors (Lipinski definition) is 1.